The van der Waals surface area contributed by atoms with Crippen LogP contribution in [0.4, 0.5) is 0 Å². The second-order valence-electron chi connectivity index (χ2n) is 6.58. The zero-order valence-corrected chi connectivity index (χ0v) is 14.8. The third-order valence-corrected chi connectivity index (χ3v) is 5.07. The molecule has 2 heterocycles. The number of nitrogens with one attached hydrogen (secondary N) is 1. The smallest absolute Gasteiger partial charge is 0.229 e. The molecule has 128 valence electrons. The average molecular weight is 327 g/mol. The van der Waals surface area contributed by atoms with Crippen molar-refractivity contribution in [3.05, 3.63) is 46.8 Å². The van der Waals surface area contributed by atoms with Crippen molar-refractivity contribution in [2.75, 3.05) is 20.2 Å². The van der Waals surface area contributed by atoms with Crippen molar-refractivity contribution in [3.8, 4) is 5.75 Å². The van der Waals surface area contributed by atoms with Crippen molar-refractivity contribution in [1.29, 1.82) is 0 Å². The highest BCUT2D eigenvalue weighted by molar-refractivity contribution is 5.84. The van der Waals surface area contributed by atoms with Crippen LogP contribution >= 0.6 is 0 Å². The van der Waals surface area contributed by atoms with Gasteiger partial charge < -0.3 is 9.64 Å². The van der Waals surface area contributed by atoms with Crippen molar-refractivity contribution in [2.45, 2.75) is 39.0 Å². The Kier molecular flexibility index (Phi) is 4.60. The van der Waals surface area contributed by atoms with Gasteiger partial charge in [-0.2, -0.15) is 5.10 Å². The minimum Gasteiger partial charge on any atom is -0.496 e. The predicted octanol–water partition coefficient (Wildman–Crippen LogP) is 3.15. The van der Waals surface area contributed by atoms with Gasteiger partial charge in [0, 0.05) is 30.3 Å². The minimum atomic E-state index is -0.167. The second-order valence-corrected chi connectivity index (χ2v) is 6.58. The number of carbonyl (C=O) groups is 1. The van der Waals surface area contributed by atoms with Crippen LogP contribution in [0.3, 0.4) is 0 Å². The molecule has 0 saturated carbocycles. The first-order valence-corrected chi connectivity index (χ1v) is 8.46. The van der Waals surface area contributed by atoms with Crippen LogP contribution in [0.1, 0.15) is 47.7 Å². The SMILES string of the molecule is COc1ccccc1[C@@H]1CCN(C(=O)[C@H](C)c2c(C)n[nH]c2C)C1. The maximum Gasteiger partial charge on any atom is 0.229 e. The van der Waals surface area contributed by atoms with Gasteiger partial charge in [0.1, 0.15) is 5.75 Å². The van der Waals surface area contributed by atoms with Crippen LogP contribution in [-0.4, -0.2) is 41.2 Å². The molecule has 0 aliphatic carbocycles. The molecule has 1 amide bonds. The van der Waals surface area contributed by atoms with Crippen LogP contribution in [-0.2, 0) is 4.79 Å². The van der Waals surface area contributed by atoms with E-state index >= 15 is 0 Å². The number of aromatic amines is 1. The molecule has 0 bridgehead atoms. The number of para-hydroxylation sites is 1. The molecule has 3 rings (SSSR count). The van der Waals surface area contributed by atoms with E-state index in [9.17, 15) is 4.79 Å². The molecule has 2 atom stereocenters. The van der Waals surface area contributed by atoms with E-state index in [2.05, 4.69) is 16.3 Å². The van der Waals surface area contributed by atoms with Gasteiger partial charge >= 0.3 is 0 Å². The summed E-state index contributed by atoms with van der Waals surface area (Å²) >= 11 is 0. The molecule has 5 nitrogen and oxygen atoms in total. The molecule has 0 spiro atoms. The van der Waals surface area contributed by atoms with Crippen LogP contribution in [0.25, 0.3) is 0 Å². The first-order valence-electron chi connectivity index (χ1n) is 8.46. The van der Waals surface area contributed by atoms with E-state index in [-0.39, 0.29) is 11.8 Å². The first-order chi connectivity index (χ1) is 11.5. The van der Waals surface area contributed by atoms with E-state index in [1.165, 1.54) is 5.56 Å². The number of nitrogens with zero attached hydrogens (tertiary/aromatic N) is 2. The summed E-state index contributed by atoms with van der Waals surface area (Å²) in [6.45, 7) is 7.44. The fourth-order valence-electron chi connectivity index (χ4n) is 3.81. The lowest BCUT2D eigenvalue weighted by atomic mass is 9.96. The maximum atomic E-state index is 12.9. The second kappa shape index (κ2) is 6.67. The van der Waals surface area contributed by atoms with Crippen LogP contribution in [0.5, 0.6) is 5.75 Å². The highest BCUT2D eigenvalue weighted by atomic mass is 16.5. The molecule has 1 saturated heterocycles. The van der Waals surface area contributed by atoms with Crippen molar-refractivity contribution >= 4 is 5.91 Å². The van der Waals surface area contributed by atoms with E-state index in [0.29, 0.717) is 5.92 Å². The summed E-state index contributed by atoms with van der Waals surface area (Å²) in [6.07, 6.45) is 0.974. The molecule has 1 aliphatic rings. The fourth-order valence-corrected chi connectivity index (χ4v) is 3.81. The quantitative estimate of drug-likeness (QED) is 0.938. The van der Waals surface area contributed by atoms with E-state index in [1.807, 2.05) is 43.9 Å². The van der Waals surface area contributed by atoms with Crippen molar-refractivity contribution in [3.63, 3.8) is 0 Å². The largest absolute Gasteiger partial charge is 0.496 e. The molecule has 2 aromatic rings. The van der Waals surface area contributed by atoms with E-state index in [4.69, 9.17) is 4.74 Å². The van der Waals surface area contributed by atoms with Gasteiger partial charge in [0.05, 0.1) is 18.7 Å². The number of methoxy groups -OCH3 is 1. The van der Waals surface area contributed by atoms with Crippen molar-refractivity contribution in [2.24, 2.45) is 0 Å². The van der Waals surface area contributed by atoms with Gasteiger partial charge in [0.2, 0.25) is 5.91 Å². The number of hydrogen-bond acceptors (Lipinski definition) is 3. The Hall–Kier alpha value is -2.30. The van der Waals surface area contributed by atoms with E-state index in [0.717, 1.165) is 42.2 Å². The fraction of sp³-hybridized carbons (Fsp3) is 0.474. The number of ether oxygens (including phenoxy) is 1. The number of carbonyl (C=O) groups excluding carboxylic acids is 1. The summed E-state index contributed by atoms with van der Waals surface area (Å²) in [7, 11) is 1.70. The summed E-state index contributed by atoms with van der Waals surface area (Å²) in [4.78, 5) is 14.9. The highest BCUT2D eigenvalue weighted by Gasteiger charge is 2.32. The predicted molar refractivity (Wildman–Crippen MR) is 93.4 cm³/mol. The molecular weight excluding hydrogens is 302 g/mol. The van der Waals surface area contributed by atoms with Gasteiger partial charge in [0.15, 0.2) is 0 Å². The van der Waals surface area contributed by atoms with Crippen LogP contribution in [0, 0.1) is 13.8 Å². The first kappa shape index (κ1) is 16.6. The Balaban J connectivity index is 1.75. The Morgan fingerprint density at radius 1 is 1.38 bits per heavy atom. The highest BCUT2D eigenvalue weighted by Crippen LogP contribution is 2.35. The van der Waals surface area contributed by atoms with Gasteiger partial charge in [0.25, 0.3) is 0 Å². The number of likely N-dealkylation sites (tertiary alicyclic amines) is 1. The third kappa shape index (κ3) is 2.90. The van der Waals surface area contributed by atoms with Gasteiger partial charge in [-0.15, -0.1) is 0 Å². The zero-order chi connectivity index (χ0) is 17.3. The number of aromatic nitrogens is 2. The van der Waals surface area contributed by atoms with Crippen LogP contribution in [0.2, 0.25) is 0 Å². The number of amides is 1. The minimum absolute atomic E-state index is 0.167. The molecule has 1 aromatic heterocycles. The molecule has 1 N–H and O–H groups in total. The maximum absolute atomic E-state index is 12.9. The lowest BCUT2D eigenvalue weighted by molar-refractivity contribution is -0.131. The summed E-state index contributed by atoms with van der Waals surface area (Å²) in [5.74, 6) is 1.26. The van der Waals surface area contributed by atoms with Crippen LogP contribution < -0.4 is 4.74 Å². The molecule has 1 aromatic carbocycles. The number of benzene rings is 1. The monoisotopic (exact) mass is 327 g/mol. The van der Waals surface area contributed by atoms with Gasteiger partial charge in [-0.3, -0.25) is 9.89 Å². The Bertz CT molecular complexity index is 718. The van der Waals surface area contributed by atoms with Gasteiger partial charge in [-0.1, -0.05) is 18.2 Å². The molecule has 1 fully saturated rings. The van der Waals surface area contributed by atoms with Crippen molar-refractivity contribution in [1.82, 2.24) is 15.1 Å². The summed E-state index contributed by atoms with van der Waals surface area (Å²) in [5, 5.41) is 7.19. The average Bonchev–Trinajstić information content (AvgIpc) is 3.20. The molecule has 0 radical (unpaired) electrons. The summed E-state index contributed by atoms with van der Waals surface area (Å²) in [5.41, 5.74) is 4.11. The lowest BCUT2D eigenvalue weighted by Gasteiger charge is -2.22. The van der Waals surface area contributed by atoms with E-state index in [1.54, 1.807) is 7.11 Å². The Labute approximate surface area is 143 Å². The number of rotatable bonds is 4. The van der Waals surface area contributed by atoms with E-state index < -0.39 is 0 Å². The van der Waals surface area contributed by atoms with Crippen molar-refractivity contribution < 1.29 is 9.53 Å². The number of H-pyrrole nitrogens is 1. The topological polar surface area (TPSA) is 58.2 Å². The standard InChI is InChI=1S/C19H25N3O2/c1-12(18-13(2)20-21-14(18)3)19(23)22-10-9-15(11-22)16-7-5-6-8-17(16)24-4/h5-8,12,15H,9-11H2,1-4H3,(H,20,21)/t12-,15-/m1/s1. The zero-order valence-electron chi connectivity index (χ0n) is 14.8. The number of aryl methyl sites for hydroxylation is 2. The lowest BCUT2D eigenvalue weighted by Crippen LogP contribution is -2.32. The molecule has 0 unspecified atom stereocenters. The summed E-state index contributed by atoms with van der Waals surface area (Å²) in [6, 6.07) is 8.10. The Morgan fingerprint density at radius 2 is 2.12 bits per heavy atom. The van der Waals surface area contributed by atoms with Gasteiger partial charge in [-0.25, -0.2) is 0 Å². The van der Waals surface area contributed by atoms with Gasteiger partial charge in [-0.05, 0) is 38.8 Å². The molecular formula is C19H25N3O2. The Morgan fingerprint density at radius 3 is 2.79 bits per heavy atom. The normalized spacial score (nSPS) is 18.7. The molecule has 5 heteroatoms. The third-order valence-electron chi connectivity index (χ3n) is 5.07. The summed E-state index contributed by atoms with van der Waals surface area (Å²) < 4.78 is 5.48. The molecule has 24 heavy (non-hydrogen) atoms. The number of hydrogen-bond donors (Lipinski definition) is 1. The molecule has 1 aliphatic heterocycles. The van der Waals surface area contributed by atoms with Crippen LogP contribution in [0.15, 0.2) is 24.3 Å².